The molecule has 64 valence electrons. The molecule has 2 nitrogen and oxygen atoms in total. The maximum Gasteiger partial charge on any atom is 0.141 e. The summed E-state index contributed by atoms with van der Waals surface area (Å²) in [5.74, 6) is 0.211. The largest absolute Gasteiger partial charge is 0.392 e. The molecular formula is C9H16O2. The summed E-state index contributed by atoms with van der Waals surface area (Å²) in [5.41, 5.74) is -0.422. The van der Waals surface area contributed by atoms with E-state index < -0.39 is 11.5 Å². The number of rotatable bonds is 2. The van der Waals surface area contributed by atoms with E-state index in [1.165, 1.54) is 0 Å². The molecule has 1 aliphatic rings. The number of aliphatic hydroxyl groups is 1. The van der Waals surface area contributed by atoms with Crippen molar-refractivity contribution in [2.24, 2.45) is 5.41 Å². The first kappa shape index (κ1) is 8.72. The lowest BCUT2D eigenvalue weighted by Crippen LogP contribution is -2.34. The molecule has 2 heteroatoms. The van der Waals surface area contributed by atoms with Crippen molar-refractivity contribution in [3.05, 3.63) is 0 Å². The van der Waals surface area contributed by atoms with Crippen LogP contribution < -0.4 is 0 Å². The third kappa shape index (κ3) is 1.32. The van der Waals surface area contributed by atoms with E-state index in [1.54, 1.807) is 0 Å². The highest BCUT2D eigenvalue weighted by atomic mass is 16.3. The summed E-state index contributed by atoms with van der Waals surface area (Å²) in [5, 5.41) is 9.53. The minimum Gasteiger partial charge on any atom is -0.392 e. The molecule has 2 atom stereocenters. The molecule has 0 heterocycles. The summed E-state index contributed by atoms with van der Waals surface area (Å²) >= 11 is 0. The summed E-state index contributed by atoms with van der Waals surface area (Å²) in [4.78, 5) is 11.4. The lowest BCUT2D eigenvalue weighted by Gasteiger charge is -2.25. The third-order valence-corrected chi connectivity index (χ3v) is 2.87. The summed E-state index contributed by atoms with van der Waals surface area (Å²) < 4.78 is 0. The summed E-state index contributed by atoms with van der Waals surface area (Å²) in [7, 11) is 0. The molecule has 0 radical (unpaired) electrons. The van der Waals surface area contributed by atoms with Gasteiger partial charge in [-0.15, -0.1) is 0 Å². The smallest absolute Gasteiger partial charge is 0.141 e. The van der Waals surface area contributed by atoms with Gasteiger partial charge in [0.1, 0.15) is 5.78 Å². The predicted octanol–water partition coefficient (Wildman–Crippen LogP) is 1.52. The molecule has 0 spiro atoms. The second-order valence-electron chi connectivity index (χ2n) is 3.60. The van der Waals surface area contributed by atoms with Gasteiger partial charge in [0.25, 0.3) is 0 Å². The van der Waals surface area contributed by atoms with Crippen LogP contribution in [0.25, 0.3) is 0 Å². The predicted molar refractivity (Wildman–Crippen MR) is 43.3 cm³/mol. The Kier molecular flexibility index (Phi) is 2.33. The topological polar surface area (TPSA) is 37.3 Å². The number of carbonyl (C=O) groups is 1. The Morgan fingerprint density at radius 3 is 2.73 bits per heavy atom. The summed E-state index contributed by atoms with van der Waals surface area (Å²) in [6.45, 7) is 3.75. The Bertz CT molecular complexity index is 165. The molecule has 0 aromatic heterocycles. The fourth-order valence-corrected chi connectivity index (χ4v) is 1.88. The lowest BCUT2D eigenvalue weighted by atomic mass is 9.81. The van der Waals surface area contributed by atoms with Crippen LogP contribution in [0.15, 0.2) is 0 Å². The molecular weight excluding hydrogens is 140 g/mol. The van der Waals surface area contributed by atoms with E-state index in [-0.39, 0.29) is 5.78 Å². The van der Waals surface area contributed by atoms with Gasteiger partial charge in [0.05, 0.1) is 11.5 Å². The van der Waals surface area contributed by atoms with E-state index in [0.717, 1.165) is 19.3 Å². The maximum absolute atomic E-state index is 11.4. The number of Topliss-reactive ketones (excluding diaryl/α,β-unsaturated/α-hetero) is 1. The quantitative estimate of drug-likeness (QED) is 0.658. The molecule has 0 amide bonds. The number of hydrogen-bond acceptors (Lipinski definition) is 2. The van der Waals surface area contributed by atoms with Gasteiger partial charge in [0.2, 0.25) is 0 Å². The molecule has 11 heavy (non-hydrogen) atoms. The van der Waals surface area contributed by atoms with Gasteiger partial charge in [0.15, 0.2) is 0 Å². The molecule has 1 rings (SSSR count). The minimum atomic E-state index is -0.422. The van der Waals surface area contributed by atoms with Crippen LogP contribution in [-0.4, -0.2) is 17.0 Å². The fourth-order valence-electron chi connectivity index (χ4n) is 1.88. The first-order chi connectivity index (χ1) is 5.11. The van der Waals surface area contributed by atoms with Gasteiger partial charge in [-0.1, -0.05) is 13.8 Å². The highest BCUT2D eigenvalue weighted by molar-refractivity contribution is 5.85. The molecule has 0 aromatic rings. The minimum absolute atomic E-state index is 0.211. The van der Waals surface area contributed by atoms with Crippen molar-refractivity contribution in [2.45, 2.75) is 45.6 Å². The van der Waals surface area contributed by atoms with Crippen molar-refractivity contribution < 1.29 is 9.90 Å². The number of ketones is 1. The molecule has 1 fully saturated rings. The van der Waals surface area contributed by atoms with Crippen LogP contribution in [0.3, 0.4) is 0 Å². The Labute approximate surface area is 67.6 Å². The van der Waals surface area contributed by atoms with Crippen LogP contribution in [-0.2, 0) is 4.79 Å². The Morgan fingerprint density at radius 2 is 2.36 bits per heavy atom. The zero-order chi connectivity index (χ0) is 8.48. The second kappa shape index (κ2) is 2.94. The van der Waals surface area contributed by atoms with Gasteiger partial charge >= 0.3 is 0 Å². The van der Waals surface area contributed by atoms with Crippen LogP contribution in [0.4, 0.5) is 0 Å². The van der Waals surface area contributed by atoms with Crippen LogP contribution in [0.1, 0.15) is 39.5 Å². The van der Waals surface area contributed by atoms with E-state index in [1.807, 2.05) is 13.8 Å². The number of hydrogen-bond donors (Lipinski definition) is 1. The molecule has 0 bridgehead atoms. The molecule has 1 N–H and O–H groups in total. The van der Waals surface area contributed by atoms with Crippen molar-refractivity contribution in [1.29, 1.82) is 0 Å². The maximum atomic E-state index is 11.4. The second-order valence-corrected chi connectivity index (χ2v) is 3.60. The van der Waals surface area contributed by atoms with Gasteiger partial charge in [-0.3, -0.25) is 4.79 Å². The van der Waals surface area contributed by atoms with Gasteiger partial charge < -0.3 is 5.11 Å². The van der Waals surface area contributed by atoms with Crippen LogP contribution in [0.5, 0.6) is 0 Å². The first-order valence-electron chi connectivity index (χ1n) is 4.32. The zero-order valence-electron chi connectivity index (χ0n) is 7.26. The molecule has 1 aliphatic carbocycles. The van der Waals surface area contributed by atoms with Crippen LogP contribution in [0.2, 0.25) is 0 Å². The number of aliphatic hydroxyl groups excluding tert-OH is 1. The van der Waals surface area contributed by atoms with Gasteiger partial charge in [-0.05, 0) is 19.3 Å². The average Bonchev–Trinajstić information content (AvgIpc) is 2.32. The van der Waals surface area contributed by atoms with Gasteiger partial charge in [-0.2, -0.15) is 0 Å². The first-order valence-corrected chi connectivity index (χ1v) is 4.32. The average molecular weight is 156 g/mol. The van der Waals surface area contributed by atoms with Crippen LogP contribution in [0, 0.1) is 5.41 Å². The molecule has 0 saturated heterocycles. The van der Waals surface area contributed by atoms with Gasteiger partial charge in [0, 0.05) is 6.42 Å². The van der Waals surface area contributed by atoms with Crippen LogP contribution >= 0.6 is 0 Å². The molecule has 0 unspecified atom stereocenters. The van der Waals surface area contributed by atoms with E-state index in [9.17, 15) is 9.90 Å². The lowest BCUT2D eigenvalue weighted by molar-refractivity contribution is -0.132. The monoisotopic (exact) mass is 156 g/mol. The highest BCUT2D eigenvalue weighted by Gasteiger charge is 2.42. The normalized spacial score (nSPS) is 37.5. The molecule has 1 saturated carbocycles. The summed E-state index contributed by atoms with van der Waals surface area (Å²) in [6, 6.07) is 0. The van der Waals surface area contributed by atoms with Crippen molar-refractivity contribution in [2.75, 3.05) is 0 Å². The zero-order valence-corrected chi connectivity index (χ0v) is 7.26. The SMILES string of the molecule is CCC(=O)[C@@]1(C)CCC[C@H]1O. The van der Waals surface area contributed by atoms with Crippen molar-refractivity contribution in [1.82, 2.24) is 0 Å². The highest BCUT2D eigenvalue weighted by Crippen LogP contribution is 2.39. The standard InChI is InChI=1S/C9H16O2/c1-3-7(10)9(2)6-4-5-8(9)11/h8,11H,3-6H2,1-2H3/t8-,9-/m1/s1. The third-order valence-electron chi connectivity index (χ3n) is 2.87. The van der Waals surface area contributed by atoms with Crippen molar-refractivity contribution >= 4 is 5.78 Å². The summed E-state index contributed by atoms with van der Waals surface area (Å²) in [6.07, 6.45) is 2.80. The molecule has 0 aromatic carbocycles. The van der Waals surface area contributed by atoms with Crippen molar-refractivity contribution in [3.8, 4) is 0 Å². The molecule has 0 aliphatic heterocycles. The van der Waals surface area contributed by atoms with Crippen molar-refractivity contribution in [3.63, 3.8) is 0 Å². The Hall–Kier alpha value is -0.370. The Morgan fingerprint density at radius 1 is 1.73 bits per heavy atom. The Balaban J connectivity index is 2.72. The van der Waals surface area contributed by atoms with E-state index in [2.05, 4.69) is 0 Å². The van der Waals surface area contributed by atoms with E-state index in [4.69, 9.17) is 0 Å². The fraction of sp³-hybridized carbons (Fsp3) is 0.889. The van der Waals surface area contributed by atoms with E-state index in [0.29, 0.717) is 6.42 Å². The van der Waals surface area contributed by atoms with Gasteiger partial charge in [-0.25, -0.2) is 0 Å². The van der Waals surface area contributed by atoms with E-state index >= 15 is 0 Å². The number of carbonyl (C=O) groups excluding carboxylic acids is 1.